The largest absolute Gasteiger partial charge is 0.329 e. The maximum absolute atomic E-state index is 4.67. The van der Waals surface area contributed by atoms with Crippen LogP contribution in [0.4, 0.5) is 11.5 Å². The van der Waals surface area contributed by atoms with Crippen LogP contribution in [0.5, 0.6) is 0 Å². The minimum atomic E-state index is 0.675. The van der Waals surface area contributed by atoms with E-state index in [0.29, 0.717) is 5.92 Å². The minimum absolute atomic E-state index is 0.675. The van der Waals surface area contributed by atoms with E-state index in [-0.39, 0.29) is 0 Å². The molecule has 1 atom stereocenters. The van der Waals surface area contributed by atoms with Crippen LogP contribution in [0.3, 0.4) is 0 Å². The Morgan fingerprint density at radius 1 is 1.11 bits per heavy atom. The minimum Gasteiger partial charge on any atom is -0.329 e. The van der Waals surface area contributed by atoms with Crippen LogP contribution in [0, 0.1) is 12.8 Å². The van der Waals surface area contributed by atoms with Gasteiger partial charge in [0.1, 0.15) is 11.6 Å². The smallest absolute Gasteiger partial charge is 0.139 e. The summed E-state index contributed by atoms with van der Waals surface area (Å²) in [7, 11) is 2.08. The normalized spacial score (nSPS) is 17.3. The van der Waals surface area contributed by atoms with Crippen LogP contribution in [0.2, 0.25) is 0 Å². The van der Waals surface area contributed by atoms with Gasteiger partial charge in [0.25, 0.3) is 0 Å². The number of fused-ring (bicyclic) bond motifs is 1. The molecular formula is C16H19N3. The molecule has 0 bridgehead atoms. The number of nitrogens with zero attached hydrogens (tertiary/aromatic N) is 3. The molecule has 3 rings (SSSR count). The highest BCUT2D eigenvalue weighted by molar-refractivity contribution is 5.63. The molecule has 1 aliphatic carbocycles. The van der Waals surface area contributed by atoms with Crippen molar-refractivity contribution in [1.29, 1.82) is 0 Å². The second-order valence-electron chi connectivity index (χ2n) is 5.43. The highest BCUT2D eigenvalue weighted by Crippen LogP contribution is 2.34. The number of hydrogen-bond acceptors (Lipinski definition) is 3. The van der Waals surface area contributed by atoms with Gasteiger partial charge in [0.05, 0.1) is 0 Å². The molecule has 0 spiro atoms. The Labute approximate surface area is 114 Å². The summed E-state index contributed by atoms with van der Waals surface area (Å²) >= 11 is 0. The first-order chi connectivity index (χ1) is 9.15. The third-order valence-electron chi connectivity index (χ3n) is 3.74. The third kappa shape index (κ3) is 2.21. The Morgan fingerprint density at radius 2 is 1.84 bits per heavy atom. The summed E-state index contributed by atoms with van der Waals surface area (Å²) in [5.41, 5.74) is 3.73. The molecule has 3 nitrogen and oxygen atoms in total. The first-order valence-corrected chi connectivity index (χ1v) is 6.80. The lowest BCUT2D eigenvalue weighted by molar-refractivity contribution is 0.623. The van der Waals surface area contributed by atoms with Crippen molar-refractivity contribution in [2.45, 2.75) is 26.7 Å². The fourth-order valence-electron chi connectivity index (χ4n) is 2.82. The second kappa shape index (κ2) is 4.65. The van der Waals surface area contributed by atoms with Crippen molar-refractivity contribution >= 4 is 11.5 Å². The standard InChI is InChI=1S/C16H19N3/c1-11-9-14-15(10-11)17-12(2)18-16(14)19(3)13-7-5-4-6-8-13/h4-8,11H,9-10H2,1-3H3/t11-/m0/s1. The fraction of sp³-hybridized carbons (Fsp3) is 0.375. The number of para-hydroxylation sites is 1. The van der Waals surface area contributed by atoms with Crippen LogP contribution in [-0.2, 0) is 12.8 Å². The number of rotatable bonds is 2. The Balaban J connectivity index is 2.06. The molecule has 0 fully saturated rings. The van der Waals surface area contributed by atoms with E-state index in [9.17, 15) is 0 Å². The molecule has 1 aromatic carbocycles. The van der Waals surface area contributed by atoms with Gasteiger partial charge in [-0.15, -0.1) is 0 Å². The zero-order chi connectivity index (χ0) is 13.4. The van der Waals surface area contributed by atoms with E-state index in [0.717, 1.165) is 24.5 Å². The first-order valence-electron chi connectivity index (χ1n) is 6.80. The molecule has 19 heavy (non-hydrogen) atoms. The van der Waals surface area contributed by atoms with Gasteiger partial charge in [0.15, 0.2) is 0 Å². The quantitative estimate of drug-likeness (QED) is 0.822. The van der Waals surface area contributed by atoms with E-state index in [1.807, 2.05) is 13.0 Å². The molecular weight excluding hydrogens is 234 g/mol. The van der Waals surface area contributed by atoms with E-state index in [4.69, 9.17) is 0 Å². The van der Waals surface area contributed by atoms with Gasteiger partial charge in [-0.1, -0.05) is 25.1 Å². The summed E-state index contributed by atoms with van der Waals surface area (Å²) in [6.07, 6.45) is 2.16. The molecule has 0 aliphatic heterocycles. The van der Waals surface area contributed by atoms with Gasteiger partial charge in [-0.3, -0.25) is 0 Å². The van der Waals surface area contributed by atoms with E-state index in [1.165, 1.54) is 16.9 Å². The summed E-state index contributed by atoms with van der Waals surface area (Å²) in [5, 5.41) is 0. The average Bonchev–Trinajstić information content (AvgIpc) is 2.78. The van der Waals surface area contributed by atoms with Gasteiger partial charge in [0, 0.05) is 24.0 Å². The summed E-state index contributed by atoms with van der Waals surface area (Å²) in [6.45, 7) is 4.26. The van der Waals surface area contributed by atoms with Gasteiger partial charge in [-0.2, -0.15) is 0 Å². The van der Waals surface area contributed by atoms with Gasteiger partial charge in [-0.05, 0) is 37.8 Å². The molecule has 0 unspecified atom stereocenters. The van der Waals surface area contributed by atoms with E-state index < -0.39 is 0 Å². The van der Waals surface area contributed by atoms with E-state index in [1.54, 1.807) is 0 Å². The summed E-state index contributed by atoms with van der Waals surface area (Å²) in [5.74, 6) is 2.61. The van der Waals surface area contributed by atoms with Crippen molar-refractivity contribution in [3.63, 3.8) is 0 Å². The van der Waals surface area contributed by atoms with Crippen molar-refractivity contribution in [3.8, 4) is 0 Å². The molecule has 0 saturated carbocycles. The molecule has 1 aromatic heterocycles. The van der Waals surface area contributed by atoms with Crippen molar-refractivity contribution in [1.82, 2.24) is 9.97 Å². The zero-order valence-corrected chi connectivity index (χ0v) is 11.7. The third-order valence-corrected chi connectivity index (χ3v) is 3.74. The lowest BCUT2D eigenvalue weighted by atomic mass is 10.1. The number of hydrogen-bond donors (Lipinski definition) is 0. The molecule has 1 aliphatic rings. The number of anilines is 2. The van der Waals surface area contributed by atoms with Gasteiger partial charge in [0.2, 0.25) is 0 Å². The highest BCUT2D eigenvalue weighted by Gasteiger charge is 2.25. The van der Waals surface area contributed by atoms with Crippen LogP contribution in [0.1, 0.15) is 24.0 Å². The highest BCUT2D eigenvalue weighted by atomic mass is 15.2. The van der Waals surface area contributed by atoms with Gasteiger partial charge < -0.3 is 4.90 Å². The molecule has 2 aromatic rings. The van der Waals surface area contributed by atoms with Crippen LogP contribution in [0.25, 0.3) is 0 Å². The number of aryl methyl sites for hydroxylation is 1. The number of aromatic nitrogens is 2. The Hall–Kier alpha value is -1.90. The van der Waals surface area contributed by atoms with Crippen molar-refractivity contribution in [2.24, 2.45) is 5.92 Å². The molecule has 0 N–H and O–H groups in total. The van der Waals surface area contributed by atoms with Gasteiger partial charge >= 0.3 is 0 Å². The topological polar surface area (TPSA) is 29.0 Å². The van der Waals surface area contributed by atoms with Crippen LogP contribution < -0.4 is 4.90 Å². The van der Waals surface area contributed by atoms with Crippen LogP contribution in [0.15, 0.2) is 30.3 Å². The van der Waals surface area contributed by atoms with Crippen molar-refractivity contribution < 1.29 is 0 Å². The average molecular weight is 253 g/mol. The summed E-state index contributed by atoms with van der Waals surface area (Å²) < 4.78 is 0. The molecule has 1 heterocycles. The predicted molar refractivity (Wildman–Crippen MR) is 77.8 cm³/mol. The van der Waals surface area contributed by atoms with Crippen LogP contribution in [-0.4, -0.2) is 17.0 Å². The van der Waals surface area contributed by atoms with E-state index >= 15 is 0 Å². The lowest BCUT2D eigenvalue weighted by Crippen LogP contribution is -2.15. The molecule has 98 valence electrons. The monoisotopic (exact) mass is 253 g/mol. The summed E-state index contributed by atoms with van der Waals surface area (Å²) in [6, 6.07) is 10.4. The zero-order valence-electron chi connectivity index (χ0n) is 11.7. The molecule has 3 heteroatoms. The fourth-order valence-corrected chi connectivity index (χ4v) is 2.82. The van der Waals surface area contributed by atoms with Crippen molar-refractivity contribution in [2.75, 3.05) is 11.9 Å². The molecule has 0 amide bonds. The van der Waals surface area contributed by atoms with Crippen molar-refractivity contribution in [3.05, 3.63) is 47.4 Å². The lowest BCUT2D eigenvalue weighted by Gasteiger charge is -2.21. The summed E-state index contributed by atoms with van der Waals surface area (Å²) in [4.78, 5) is 11.4. The second-order valence-corrected chi connectivity index (χ2v) is 5.43. The molecule has 0 saturated heterocycles. The Bertz CT molecular complexity index is 592. The Kier molecular flexibility index (Phi) is 2.97. The molecule has 0 radical (unpaired) electrons. The maximum Gasteiger partial charge on any atom is 0.139 e. The maximum atomic E-state index is 4.67. The SMILES string of the molecule is Cc1nc2c(c(N(C)c3ccccc3)n1)C[C@H](C)C2. The first kappa shape index (κ1) is 12.2. The van der Waals surface area contributed by atoms with E-state index in [2.05, 4.69) is 53.1 Å². The predicted octanol–water partition coefficient (Wildman–Crippen LogP) is 3.29. The Morgan fingerprint density at radius 3 is 2.58 bits per heavy atom. The van der Waals surface area contributed by atoms with Gasteiger partial charge in [-0.25, -0.2) is 9.97 Å². The number of benzene rings is 1. The van der Waals surface area contributed by atoms with Crippen LogP contribution >= 0.6 is 0 Å².